The molecule has 0 fully saturated rings. The van der Waals surface area contributed by atoms with Crippen molar-refractivity contribution in [3.8, 4) is 17.6 Å². The molecule has 0 aromatic heterocycles. The Morgan fingerprint density at radius 2 is 1.70 bits per heavy atom. The molecule has 3 aromatic rings. The molecule has 0 saturated carbocycles. The number of Topliss-reactive ketones (excluding diaryl/α,β-unsaturated/α-hetero) is 1. The predicted octanol–water partition coefficient (Wildman–Crippen LogP) is 5.73. The van der Waals surface area contributed by atoms with Crippen LogP contribution in [0.3, 0.4) is 0 Å². The average molecular weight is 441 g/mol. The number of carbonyl (C=O) groups excluding carboxylic acids is 1. The Balaban J connectivity index is 1.60. The first-order chi connectivity index (χ1) is 16.0. The Morgan fingerprint density at radius 3 is 2.39 bits per heavy atom. The number of rotatable bonds is 9. The molecule has 3 aromatic carbocycles. The molecule has 0 atom stereocenters. The van der Waals surface area contributed by atoms with Crippen LogP contribution in [0.15, 0.2) is 83.1 Å². The van der Waals surface area contributed by atoms with Crippen LogP contribution in [0.2, 0.25) is 0 Å². The molecule has 33 heavy (non-hydrogen) atoms. The van der Waals surface area contributed by atoms with Gasteiger partial charge in [-0.1, -0.05) is 29.2 Å². The van der Waals surface area contributed by atoms with E-state index in [1.807, 2.05) is 86.9 Å². The van der Waals surface area contributed by atoms with E-state index in [0.29, 0.717) is 17.7 Å². The van der Waals surface area contributed by atoms with Gasteiger partial charge >= 0.3 is 0 Å². The molecular weight excluding hydrogens is 412 g/mol. The standard InChI is InChI=1S/C27H28N4O2/c1-31(2)20-6-9-27(32)23-14-16-24(17-15-23)28-30-29-26-8-5-4-7-22(26)13-10-21-11-18-25(33-3)19-12-21/h4-5,7-8,11-12,14-19H,6,9,20H2,1-3H3,(H,28,29). The smallest absolute Gasteiger partial charge is 0.162 e. The maximum atomic E-state index is 12.3. The molecule has 6 nitrogen and oxygen atoms in total. The number of nitrogens with zero attached hydrogens (tertiary/aromatic N) is 3. The second-order valence-electron chi connectivity index (χ2n) is 7.71. The average Bonchev–Trinajstić information content (AvgIpc) is 2.84. The summed E-state index contributed by atoms with van der Waals surface area (Å²) in [6, 6.07) is 22.4. The minimum absolute atomic E-state index is 0.148. The van der Waals surface area contributed by atoms with E-state index in [1.165, 1.54) is 0 Å². The molecule has 0 spiro atoms. The fourth-order valence-electron chi connectivity index (χ4n) is 3.05. The molecule has 0 saturated heterocycles. The highest BCUT2D eigenvalue weighted by Gasteiger charge is 2.06. The number of benzene rings is 3. The molecule has 1 N–H and O–H groups in total. The Kier molecular flexibility index (Phi) is 8.75. The zero-order valence-electron chi connectivity index (χ0n) is 19.2. The first-order valence-corrected chi connectivity index (χ1v) is 10.7. The van der Waals surface area contributed by atoms with Crippen LogP contribution < -0.4 is 10.2 Å². The van der Waals surface area contributed by atoms with Crippen LogP contribution in [0.4, 0.5) is 11.4 Å². The van der Waals surface area contributed by atoms with E-state index in [4.69, 9.17) is 4.74 Å². The molecule has 0 aliphatic rings. The quantitative estimate of drug-likeness (QED) is 0.200. The highest BCUT2D eigenvalue weighted by molar-refractivity contribution is 5.96. The van der Waals surface area contributed by atoms with Gasteiger partial charge in [0.25, 0.3) is 0 Å². The van der Waals surface area contributed by atoms with Crippen LogP contribution in [-0.4, -0.2) is 38.4 Å². The lowest BCUT2D eigenvalue weighted by atomic mass is 10.1. The van der Waals surface area contributed by atoms with Crippen LogP contribution in [-0.2, 0) is 0 Å². The molecule has 0 radical (unpaired) electrons. The van der Waals surface area contributed by atoms with Crippen molar-refractivity contribution in [1.82, 2.24) is 4.90 Å². The highest BCUT2D eigenvalue weighted by atomic mass is 16.5. The summed E-state index contributed by atoms with van der Waals surface area (Å²) < 4.78 is 5.17. The summed E-state index contributed by atoms with van der Waals surface area (Å²) in [5, 5.41) is 8.37. The van der Waals surface area contributed by atoms with Crippen molar-refractivity contribution in [2.45, 2.75) is 12.8 Å². The van der Waals surface area contributed by atoms with Crippen LogP contribution in [0.25, 0.3) is 0 Å². The SMILES string of the molecule is COc1ccc(C#Cc2ccccc2N=NNc2ccc(C(=O)CCCN(C)C)cc2)cc1. The summed E-state index contributed by atoms with van der Waals surface area (Å²) >= 11 is 0. The second kappa shape index (κ2) is 12.2. The van der Waals surface area contributed by atoms with Crippen molar-refractivity contribution in [2.24, 2.45) is 10.3 Å². The van der Waals surface area contributed by atoms with Gasteiger partial charge < -0.3 is 9.64 Å². The first kappa shape index (κ1) is 23.7. The summed E-state index contributed by atoms with van der Waals surface area (Å²) in [6.45, 7) is 0.901. The highest BCUT2D eigenvalue weighted by Crippen LogP contribution is 2.19. The Bertz CT molecular complexity index is 1140. The lowest BCUT2D eigenvalue weighted by Crippen LogP contribution is -2.14. The number of methoxy groups -OCH3 is 1. The number of ether oxygens (including phenoxy) is 1. The largest absolute Gasteiger partial charge is 0.497 e. The third kappa shape index (κ3) is 7.60. The van der Waals surface area contributed by atoms with Crippen LogP contribution >= 0.6 is 0 Å². The molecular formula is C27H28N4O2. The topological polar surface area (TPSA) is 66.3 Å². The van der Waals surface area contributed by atoms with Gasteiger partial charge in [0.2, 0.25) is 0 Å². The number of hydrogen-bond donors (Lipinski definition) is 1. The molecule has 168 valence electrons. The lowest BCUT2D eigenvalue weighted by Gasteiger charge is -2.08. The third-order valence-corrected chi connectivity index (χ3v) is 4.89. The van der Waals surface area contributed by atoms with Crippen LogP contribution in [0.1, 0.15) is 34.3 Å². The van der Waals surface area contributed by atoms with E-state index in [2.05, 4.69) is 32.5 Å². The summed E-state index contributed by atoms with van der Waals surface area (Å²) in [5.74, 6) is 7.22. The maximum absolute atomic E-state index is 12.3. The van der Waals surface area contributed by atoms with Gasteiger partial charge in [0.1, 0.15) is 11.4 Å². The minimum Gasteiger partial charge on any atom is -0.497 e. The molecule has 0 aliphatic carbocycles. The number of ketones is 1. The van der Waals surface area contributed by atoms with Gasteiger partial charge in [0, 0.05) is 17.5 Å². The summed E-state index contributed by atoms with van der Waals surface area (Å²) in [7, 11) is 5.65. The van der Waals surface area contributed by atoms with Gasteiger partial charge in [-0.2, -0.15) is 0 Å². The fourth-order valence-corrected chi connectivity index (χ4v) is 3.05. The molecule has 0 amide bonds. The van der Waals surface area contributed by atoms with Gasteiger partial charge in [0.15, 0.2) is 5.78 Å². The van der Waals surface area contributed by atoms with Crippen molar-refractivity contribution < 1.29 is 9.53 Å². The van der Waals surface area contributed by atoms with Crippen molar-refractivity contribution in [2.75, 3.05) is 33.2 Å². The zero-order valence-corrected chi connectivity index (χ0v) is 19.2. The summed E-state index contributed by atoms with van der Waals surface area (Å²) in [5.41, 5.74) is 6.70. The van der Waals surface area contributed by atoms with Crippen LogP contribution in [0.5, 0.6) is 5.75 Å². The second-order valence-corrected chi connectivity index (χ2v) is 7.71. The molecule has 0 heterocycles. The first-order valence-electron chi connectivity index (χ1n) is 10.7. The Hall–Kier alpha value is -3.95. The van der Waals surface area contributed by atoms with E-state index in [9.17, 15) is 4.79 Å². The Labute approximate surface area is 195 Å². The van der Waals surface area contributed by atoms with E-state index in [-0.39, 0.29) is 5.78 Å². The number of anilines is 1. The normalized spacial score (nSPS) is 10.7. The third-order valence-electron chi connectivity index (χ3n) is 4.89. The molecule has 0 bridgehead atoms. The molecule has 6 heteroatoms. The van der Waals surface area contributed by atoms with Gasteiger partial charge in [-0.15, -0.1) is 5.11 Å². The molecule has 0 unspecified atom stereocenters. The van der Waals surface area contributed by atoms with E-state index in [0.717, 1.165) is 35.5 Å². The lowest BCUT2D eigenvalue weighted by molar-refractivity contribution is 0.0977. The van der Waals surface area contributed by atoms with Crippen molar-refractivity contribution in [3.63, 3.8) is 0 Å². The van der Waals surface area contributed by atoms with E-state index < -0.39 is 0 Å². The minimum atomic E-state index is 0.148. The van der Waals surface area contributed by atoms with Crippen molar-refractivity contribution >= 4 is 17.2 Å². The van der Waals surface area contributed by atoms with Crippen molar-refractivity contribution in [3.05, 3.63) is 89.5 Å². The predicted molar refractivity (Wildman–Crippen MR) is 132 cm³/mol. The number of carbonyl (C=O) groups is 1. The van der Waals surface area contributed by atoms with E-state index >= 15 is 0 Å². The van der Waals surface area contributed by atoms with Gasteiger partial charge in [-0.3, -0.25) is 10.2 Å². The van der Waals surface area contributed by atoms with Crippen molar-refractivity contribution in [1.29, 1.82) is 0 Å². The number of hydrogen-bond acceptors (Lipinski definition) is 5. The van der Waals surface area contributed by atoms with E-state index in [1.54, 1.807) is 7.11 Å². The van der Waals surface area contributed by atoms with Gasteiger partial charge in [-0.05, 0) is 87.7 Å². The molecule has 0 aliphatic heterocycles. The number of nitrogens with one attached hydrogen (secondary N) is 1. The Morgan fingerprint density at radius 1 is 0.970 bits per heavy atom. The van der Waals surface area contributed by atoms with Gasteiger partial charge in [-0.25, -0.2) is 0 Å². The zero-order chi connectivity index (χ0) is 23.5. The molecule has 3 rings (SSSR count). The van der Waals surface area contributed by atoms with Gasteiger partial charge in [0.05, 0.1) is 18.4 Å². The summed E-state index contributed by atoms with van der Waals surface area (Å²) in [6.07, 6.45) is 1.39. The van der Waals surface area contributed by atoms with Crippen LogP contribution in [0, 0.1) is 11.8 Å². The fraction of sp³-hybridized carbons (Fsp3) is 0.222. The monoisotopic (exact) mass is 440 g/mol. The maximum Gasteiger partial charge on any atom is 0.162 e. The summed E-state index contributed by atoms with van der Waals surface area (Å²) in [4.78, 5) is 14.3.